The van der Waals surface area contributed by atoms with E-state index in [1.807, 2.05) is 19.3 Å². The van der Waals surface area contributed by atoms with Crippen molar-refractivity contribution in [1.82, 2.24) is 15.3 Å². The van der Waals surface area contributed by atoms with Crippen LogP contribution in [0.5, 0.6) is 0 Å². The highest BCUT2D eigenvalue weighted by molar-refractivity contribution is 5.30. The number of ether oxygens (including phenoxy) is 1. The predicted octanol–water partition coefficient (Wildman–Crippen LogP) is 1.20. The average Bonchev–Trinajstić information content (AvgIpc) is 2.47. The van der Waals surface area contributed by atoms with Crippen LogP contribution in [0.2, 0.25) is 0 Å². The Hall–Kier alpha value is -1.24. The fourth-order valence-corrected chi connectivity index (χ4v) is 2.78. The van der Waals surface area contributed by atoms with Gasteiger partial charge in [0.15, 0.2) is 0 Å². The minimum atomic E-state index is -0.270. The van der Waals surface area contributed by atoms with Crippen molar-refractivity contribution >= 4 is 5.95 Å². The van der Waals surface area contributed by atoms with Crippen molar-refractivity contribution in [2.45, 2.75) is 39.8 Å². The van der Waals surface area contributed by atoms with Gasteiger partial charge < -0.3 is 20.1 Å². The molecule has 6 nitrogen and oxygen atoms in total. The first kappa shape index (κ1) is 17.1. The normalized spacial score (nSPS) is 17.5. The van der Waals surface area contributed by atoms with Crippen LogP contribution in [0.4, 0.5) is 5.95 Å². The molecular formula is C16H28N4O2. The molecule has 0 aliphatic carbocycles. The fraction of sp³-hybridized carbons (Fsp3) is 0.750. The lowest BCUT2D eigenvalue weighted by Crippen LogP contribution is -2.37. The molecule has 1 aromatic heterocycles. The lowest BCUT2D eigenvalue weighted by molar-refractivity contribution is 0.122. The van der Waals surface area contributed by atoms with Gasteiger partial charge in [0.2, 0.25) is 5.95 Å². The molecule has 2 N–H and O–H groups in total. The van der Waals surface area contributed by atoms with Gasteiger partial charge in [0, 0.05) is 44.1 Å². The summed E-state index contributed by atoms with van der Waals surface area (Å²) in [4.78, 5) is 11.0. The van der Waals surface area contributed by atoms with Crippen molar-refractivity contribution in [3.63, 3.8) is 0 Å². The van der Waals surface area contributed by atoms with Gasteiger partial charge in [-0.2, -0.15) is 0 Å². The minimum absolute atomic E-state index is 0.0722. The quantitative estimate of drug-likeness (QED) is 0.789. The van der Waals surface area contributed by atoms with Gasteiger partial charge in [0.1, 0.15) is 0 Å². The number of aliphatic hydroxyl groups excluding tert-OH is 1. The van der Waals surface area contributed by atoms with Crippen LogP contribution in [0.15, 0.2) is 12.4 Å². The zero-order valence-electron chi connectivity index (χ0n) is 13.9. The van der Waals surface area contributed by atoms with Gasteiger partial charge in [-0.15, -0.1) is 0 Å². The third-order valence-electron chi connectivity index (χ3n) is 3.77. The van der Waals surface area contributed by atoms with Gasteiger partial charge in [-0.05, 0) is 18.8 Å². The molecule has 0 bridgehead atoms. The molecule has 1 saturated heterocycles. The monoisotopic (exact) mass is 308 g/mol. The summed E-state index contributed by atoms with van der Waals surface area (Å²) in [6, 6.07) is 0. The molecule has 22 heavy (non-hydrogen) atoms. The van der Waals surface area contributed by atoms with Crippen LogP contribution >= 0.6 is 0 Å². The van der Waals surface area contributed by atoms with Crippen LogP contribution < -0.4 is 10.2 Å². The summed E-state index contributed by atoms with van der Waals surface area (Å²) in [5.41, 5.74) is 1.15. The van der Waals surface area contributed by atoms with Crippen LogP contribution in [0.25, 0.3) is 0 Å². The summed E-state index contributed by atoms with van der Waals surface area (Å²) in [5.74, 6) is 0.779. The van der Waals surface area contributed by atoms with Crippen molar-refractivity contribution < 1.29 is 9.84 Å². The summed E-state index contributed by atoms with van der Waals surface area (Å²) in [6.07, 6.45) is 4.28. The third kappa shape index (κ3) is 5.51. The van der Waals surface area contributed by atoms with E-state index < -0.39 is 0 Å². The molecule has 0 saturated carbocycles. The van der Waals surface area contributed by atoms with Crippen molar-refractivity contribution in [2.24, 2.45) is 5.41 Å². The van der Waals surface area contributed by atoms with E-state index in [9.17, 15) is 5.11 Å². The average molecular weight is 308 g/mol. The first-order valence-corrected chi connectivity index (χ1v) is 7.99. The highest BCUT2D eigenvalue weighted by atomic mass is 16.5. The second-order valence-electron chi connectivity index (χ2n) is 6.81. The Kier molecular flexibility index (Phi) is 6.11. The molecule has 1 aliphatic heterocycles. The van der Waals surface area contributed by atoms with E-state index in [0.717, 1.165) is 57.3 Å². The van der Waals surface area contributed by atoms with E-state index in [2.05, 4.69) is 34.0 Å². The molecule has 0 radical (unpaired) electrons. The first-order valence-electron chi connectivity index (χ1n) is 7.99. The molecule has 6 heteroatoms. The Morgan fingerprint density at radius 1 is 1.32 bits per heavy atom. The van der Waals surface area contributed by atoms with Gasteiger partial charge in [0.25, 0.3) is 0 Å². The highest BCUT2D eigenvalue weighted by Gasteiger charge is 2.19. The lowest BCUT2D eigenvalue weighted by Gasteiger charge is -2.27. The number of morpholine rings is 1. The summed E-state index contributed by atoms with van der Waals surface area (Å²) in [5, 5.41) is 12.9. The van der Waals surface area contributed by atoms with Gasteiger partial charge in [-0.3, -0.25) is 0 Å². The Morgan fingerprint density at radius 2 is 1.95 bits per heavy atom. The molecule has 1 fully saturated rings. The molecule has 0 amide bonds. The fourth-order valence-electron chi connectivity index (χ4n) is 2.78. The molecule has 1 aliphatic rings. The zero-order chi connectivity index (χ0) is 16.0. The maximum atomic E-state index is 9.50. The summed E-state index contributed by atoms with van der Waals surface area (Å²) in [7, 11) is 0. The summed E-state index contributed by atoms with van der Waals surface area (Å²) < 4.78 is 5.33. The predicted molar refractivity (Wildman–Crippen MR) is 86.8 cm³/mol. The number of rotatable bonds is 7. The SMILES string of the molecule is CC(O)CC(C)(C)CNCc1cnc(N2CCOCC2)nc1. The van der Waals surface area contributed by atoms with Gasteiger partial charge >= 0.3 is 0 Å². The minimum Gasteiger partial charge on any atom is -0.393 e. The number of nitrogens with zero attached hydrogens (tertiary/aromatic N) is 3. The van der Waals surface area contributed by atoms with Crippen molar-refractivity contribution in [1.29, 1.82) is 0 Å². The zero-order valence-corrected chi connectivity index (χ0v) is 13.9. The van der Waals surface area contributed by atoms with Crippen molar-refractivity contribution in [2.75, 3.05) is 37.7 Å². The number of aliphatic hydroxyl groups is 1. The second kappa shape index (κ2) is 7.85. The maximum absolute atomic E-state index is 9.50. The first-order chi connectivity index (χ1) is 10.5. The van der Waals surface area contributed by atoms with Crippen LogP contribution in [-0.4, -0.2) is 54.0 Å². The topological polar surface area (TPSA) is 70.5 Å². The van der Waals surface area contributed by atoms with Gasteiger partial charge in [-0.1, -0.05) is 13.8 Å². The Morgan fingerprint density at radius 3 is 2.55 bits per heavy atom. The van der Waals surface area contributed by atoms with Gasteiger partial charge in [-0.25, -0.2) is 9.97 Å². The lowest BCUT2D eigenvalue weighted by atomic mass is 9.87. The Bertz CT molecular complexity index is 442. The molecule has 0 aromatic carbocycles. The number of hydrogen-bond acceptors (Lipinski definition) is 6. The second-order valence-corrected chi connectivity index (χ2v) is 6.81. The maximum Gasteiger partial charge on any atom is 0.225 e. The largest absolute Gasteiger partial charge is 0.393 e. The Balaban J connectivity index is 1.79. The van der Waals surface area contributed by atoms with Crippen LogP contribution in [0.3, 0.4) is 0 Å². The number of aromatic nitrogens is 2. The van der Waals surface area contributed by atoms with Crippen LogP contribution in [0.1, 0.15) is 32.8 Å². The van der Waals surface area contributed by atoms with E-state index in [4.69, 9.17) is 4.74 Å². The van der Waals surface area contributed by atoms with Crippen molar-refractivity contribution in [3.8, 4) is 0 Å². The molecule has 1 aromatic rings. The molecule has 1 unspecified atom stereocenters. The molecule has 2 heterocycles. The molecule has 124 valence electrons. The van der Waals surface area contributed by atoms with E-state index >= 15 is 0 Å². The summed E-state index contributed by atoms with van der Waals surface area (Å²) in [6.45, 7) is 10.9. The van der Waals surface area contributed by atoms with Crippen LogP contribution in [-0.2, 0) is 11.3 Å². The standard InChI is InChI=1S/C16H28N4O2/c1-13(21)8-16(2,3)12-17-9-14-10-18-15(19-11-14)20-4-6-22-7-5-20/h10-11,13,17,21H,4-9,12H2,1-3H3. The molecular weight excluding hydrogens is 280 g/mol. The van der Waals surface area contributed by atoms with Gasteiger partial charge in [0.05, 0.1) is 19.3 Å². The van der Waals surface area contributed by atoms with Crippen molar-refractivity contribution in [3.05, 3.63) is 18.0 Å². The molecule has 1 atom stereocenters. The van der Waals surface area contributed by atoms with E-state index in [1.165, 1.54) is 0 Å². The van der Waals surface area contributed by atoms with Crippen LogP contribution in [0, 0.1) is 5.41 Å². The van der Waals surface area contributed by atoms with E-state index in [-0.39, 0.29) is 11.5 Å². The number of nitrogens with one attached hydrogen (secondary N) is 1. The highest BCUT2D eigenvalue weighted by Crippen LogP contribution is 2.21. The smallest absolute Gasteiger partial charge is 0.225 e. The molecule has 0 spiro atoms. The third-order valence-corrected chi connectivity index (χ3v) is 3.77. The Labute approximate surface area is 132 Å². The number of anilines is 1. The number of hydrogen-bond donors (Lipinski definition) is 2. The van der Waals surface area contributed by atoms with E-state index in [1.54, 1.807) is 0 Å². The van der Waals surface area contributed by atoms with E-state index in [0.29, 0.717) is 0 Å². The summed E-state index contributed by atoms with van der Waals surface area (Å²) >= 11 is 0. The molecule has 2 rings (SSSR count).